The van der Waals surface area contributed by atoms with Gasteiger partial charge in [0.25, 0.3) is 0 Å². The van der Waals surface area contributed by atoms with E-state index in [1.807, 2.05) is 12.1 Å². The summed E-state index contributed by atoms with van der Waals surface area (Å²) in [4.78, 5) is 50.6. The van der Waals surface area contributed by atoms with Crippen LogP contribution in [0.4, 0.5) is 11.4 Å². The van der Waals surface area contributed by atoms with Gasteiger partial charge in [-0.25, -0.2) is 0 Å². The van der Waals surface area contributed by atoms with Crippen LogP contribution in [-0.2, 0) is 25.7 Å². The summed E-state index contributed by atoms with van der Waals surface area (Å²) in [5.41, 5.74) is 8.61. The Kier molecular flexibility index (Phi) is 9.14. The number of likely N-dealkylation sites (tertiary alicyclic amines) is 1. The smallest absolute Gasteiger partial charge is 0.245 e. The molecule has 1 aliphatic rings. The second kappa shape index (κ2) is 12.5. The highest BCUT2D eigenvalue weighted by molar-refractivity contribution is 5.98. The number of nitrogens with two attached hydrogens (primary N) is 1. The van der Waals surface area contributed by atoms with Gasteiger partial charge in [-0.05, 0) is 60.7 Å². The van der Waals surface area contributed by atoms with Crippen LogP contribution in [0, 0.1) is 0 Å². The maximum absolute atomic E-state index is 13.0. The van der Waals surface area contributed by atoms with E-state index in [4.69, 9.17) is 5.73 Å². The van der Waals surface area contributed by atoms with Crippen molar-refractivity contribution in [3.05, 3.63) is 65.7 Å². The molecule has 1 fully saturated rings. The zero-order chi connectivity index (χ0) is 25.2. The molecule has 0 aromatic heterocycles. The average molecular weight is 478 g/mol. The highest BCUT2D eigenvalue weighted by Gasteiger charge is 2.29. The lowest BCUT2D eigenvalue weighted by Crippen LogP contribution is -2.49. The Bertz CT molecular complexity index is 1100. The van der Waals surface area contributed by atoms with Crippen LogP contribution in [0.2, 0.25) is 0 Å². The van der Waals surface area contributed by atoms with Crippen molar-refractivity contribution in [2.75, 3.05) is 23.7 Å². The van der Waals surface area contributed by atoms with E-state index in [-0.39, 0.29) is 30.2 Å². The highest BCUT2D eigenvalue weighted by Crippen LogP contribution is 2.15. The molecular formula is C26H31N5O4. The molecule has 0 saturated carbocycles. The summed E-state index contributed by atoms with van der Waals surface area (Å²) >= 11 is 0. The summed E-state index contributed by atoms with van der Waals surface area (Å²) in [6.07, 6.45) is 5.04. The largest absolute Gasteiger partial charge is 0.341 e. The quantitative estimate of drug-likeness (QED) is 0.433. The first-order valence-electron chi connectivity index (χ1n) is 11.6. The number of amides is 4. The van der Waals surface area contributed by atoms with Crippen molar-refractivity contribution >= 4 is 41.1 Å². The normalized spacial score (nSPS) is 16.0. The Labute approximate surface area is 204 Å². The molecular weight excluding hydrogens is 446 g/mol. The molecule has 2 aromatic carbocycles. The predicted octanol–water partition coefficient (Wildman–Crippen LogP) is 2.25. The number of nitrogens with one attached hydrogen (secondary N) is 3. The van der Waals surface area contributed by atoms with Gasteiger partial charge in [-0.1, -0.05) is 24.3 Å². The molecule has 4 amide bonds. The van der Waals surface area contributed by atoms with Crippen LogP contribution in [0.1, 0.15) is 37.3 Å². The molecule has 0 bridgehead atoms. The Hall–Kier alpha value is -3.98. The lowest BCUT2D eigenvalue weighted by atomic mass is 10.1. The molecule has 35 heavy (non-hydrogen) atoms. The van der Waals surface area contributed by atoms with Gasteiger partial charge < -0.3 is 26.6 Å². The van der Waals surface area contributed by atoms with Gasteiger partial charge in [-0.3, -0.25) is 19.2 Å². The third kappa shape index (κ3) is 8.08. The SMILES string of the molecule is CC(=O)Nc1ccc(C=CC(=O)NC2CCCCN(CC(=O)Nc3cccc(CN)c3)C2=O)cc1. The average Bonchev–Trinajstić information content (AvgIpc) is 2.99. The third-order valence-corrected chi connectivity index (χ3v) is 5.54. The molecule has 1 aliphatic heterocycles. The van der Waals surface area contributed by atoms with Crippen LogP contribution in [-0.4, -0.2) is 47.7 Å². The Morgan fingerprint density at radius 1 is 1.06 bits per heavy atom. The lowest BCUT2D eigenvalue weighted by Gasteiger charge is -2.24. The first-order valence-corrected chi connectivity index (χ1v) is 11.6. The van der Waals surface area contributed by atoms with Crippen LogP contribution < -0.4 is 21.7 Å². The minimum absolute atomic E-state index is 0.0887. The summed E-state index contributed by atoms with van der Waals surface area (Å²) in [5.74, 6) is -1.12. The fourth-order valence-electron chi connectivity index (χ4n) is 3.82. The van der Waals surface area contributed by atoms with E-state index < -0.39 is 6.04 Å². The van der Waals surface area contributed by atoms with E-state index in [0.29, 0.717) is 30.9 Å². The minimum Gasteiger partial charge on any atom is -0.341 e. The molecule has 3 rings (SSSR count). The molecule has 0 spiro atoms. The van der Waals surface area contributed by atoms with Gasteiger partial charge in [0.05, 0.1) is 6.54 Å². The molecule has 2 aromatic rings. The Morgan fingerprint density at radius 3 is 2.54 bits per heavy atom. The zero-order valence-corrected chi connectivity index (χ0v) is 19.8. The standard InChI is InChI=1S/C26H31N5O4/c1-18(32)28-21-11-8-19(9-12-21)10-13-24(33)30-23-7-2-3-14-31(26(23)35)17-25(34)29-22-6-4-5-20(15-22)16-27/h4-6,8-13,15,23H,2-3,7,14,16-17,27H2,1H3,(H,28,32)(H,29,34)(H,30,33). The summed E-state index contributed by atoms with van der Waals surface area (Å²) in [6, 6.07) is 13.6. The van der Waals surface area contributed by atoms with Gasteiger partial charge in [0.2, 0.25) is 23.6 Å². The third-order valence-electron chi connectivity index (χ3n) is 5.54. The van der Waals surface area contributed by atoms with E-state index in [1.165, 1.54) is 17.9 Å². The van der Waals surface area contributed by atoms with Crippen LogP contribution in [0.15, 0.2) is 54.6 Å². The van der Waals surface area contributed by atoms with E-state index in [9.17, 15) is 19.2 Å². The van der Waals surface area contributed by atoms with Crippen LogP contribution in [0.5, 0.6) is 0 Å². The maximum atomic E-state index is 13.0. The number of carbonyl (C=O) groups is 4. The van der Waals surface area contributed by atoms with Crippen LogP contribution in [0.25, 0.3) is 6.08 Å². The van der Waals surface area contributed by atoms with Crippen molar-refractivity contribution in [1.29, 1.82) is 0 Å². The van der Waals surface area contributed by atoms with Gasteiger partial charge >= 0.3 is 0 Å². The second-order valence-electron chi connectivity index (χ2n) is 8.41. The summed E-state index contributed by atoms with van der Waals surface area (Å²) in [7, 11) is 0. The molecule has 0 aliphatic carbocycles. The van der Waals surface area contributed by atoms with Gasteiger partial charge in [-0.15, -0.1) is 0 Å². The molecule has 1 unspecified atom stereocenters. The first kappa shape index (κ1) is 25.6. The van der Waals surface area contributed by atoms with Gasteiger partial charge in [0.1, 0.15) is 6.04 Å². The number of anilines is 2. The fourth-order valence-corrected chi connectivity index (χ4v) is 3.82. The van der Waals surface area contributed by atoms with Gasteiger partial charge in [-0.2, -0.15) is 0 Å². The van der Waals surface area contributed by atoms with Crippen LogP contribution in [0.3, 0.4) is 0 Å². The summed E-state index contributed by atoms with van der Waals surface area (Å²) < 4.78 is 0. The van der Waals surface area contributed by atoms with Gasteiger partial charge in [0, 0.05) is 37.5 Å². The van der Waals surface area contributed by atoms with Crippen molar-refractivity contribution in [1.82, 2.24) is 10.2 Å². The topological polar surface area (TPSA) is 134 Å². The van der Waals surface area contributed by atoms with E-state index >= 15 is 0 Å². The molecule has 184 valence electrons. The van der Waals surface area contributed by atoms with Crippen molar-refractivity contribution in [2.45, 2.75) is 38.8 Å². The summed E-state index contributed by atoms with van der Waals surface area (Å²) in [5, 5.41) is 8.25. The molecule has 5 N–H and O–H groups in total. The molecule has 9 heteroatoms. The zero-order valence-electron chi connectivity index (χ0n) is 19.8. The second-order valence-corrected chi connectivity index (χ2v) is 8.41. The number of carbonyl (C=O) groups excluding carboxylic acids is 4. The lowest BCUT2D eigenvalue weighted by molar-refractivity contribution is -0.137. The van der Waals surface area contributed by atoms with E-state index in [0.717, 1.165) is 24.0 Å². The molecule has 1 heterocycles. The summed E-state index contributed by atoms with van der Waals surface area (Å²) in [6.45, 7) is 2.17. The molecule has 9 nitrogen and oxygen atoms in total. The van der Waals surface area contributed by atoms with Crippen LogP contribution >= 0.6 is 0 Å². The Balaban J connectivity index is 1.55. The minimum atomic E-state index is -0.690. The van der Waals surface area contributed by atoms with E-state index in [2.05, 4.69) is 16.0 Å². The molecule has 1 saturated heterocycles. The fraction of sp³-hybridized carbons (Fsp3) is 0.308. The number of nitrogens with zero attached hydrogens (tertiary/aromatic N) is 1. The number of hydrogen-bond donors (Lipinski definition) is 4. The number of benzene rings is 2. The number of hydrogen-bond acceptors (Lipinski definition) is 5. The number of rotatable bonds is 8. The van der Waals surface area contributed by atoms with Gasteiger partial charge in [0.15, 0.2) is 0 Å². The highest BCUT2D eigenvalue weighted by atomic mass is 16.2. The Morgan fingerprint density at radius 2 is 1.83 bits per heavy atom. The van der Waals surface area contributed by atoms with Crippen molar-refractivity contribution in [2.24, 2.45) is 5.73 Å². The first-order chi connectivity index (χ1) is 16.8. The predicted molar refractivity (Wildman–Crippen MR) is 135 cm³/mol. The molecule has 0 radical (unpaired) electrons. The van der Waals surface area contributed by atoms with E-state index in [1.54, 1.807) is 42.5 Å². The maximum Gasteiger partial charge on any atom is 0.245 e. The molecule has 1 atom stereocenters. The van der Waals surface area contributed by atoms with Crippen molar-refractivity contribution in [3.8, 4) is 0 Å². The van der Waals surface area contributed by atoms with Crippen molar-refractivity contribution < 1.29 is 19.2 Å². The van der Waals surface area contributed by atoms with Crippen molar-refractivity contribution in [3.63, 3.8) is 0 Å². The monoisotopic (exact) mass is 477 g/mol.